The lowest BCUT2D eigenvalue weighted by Gasteiger charge is -2.09. The highest BCUT2D eigenvalue weighted by Gasteiger charge is 2.32. The van der Waals surface area contributed by atoms with Crippen molar-refractivity contribution in [3.63, 3.8) is 0 Å². The van der Waals surface area contributed by atoms with Gasteiger partial charge in [0.1, 0.15) is 5.69 Å². The lowest BCUT2D eigenvalue weighted by molar-refractivity contribution is -0.141. The molecule has 0 radical (unpaired) electrons. The molecule has 7 heteroatoms. The summed E-state index contributed by atoms with van der Waals surface area (Å²) in [5.74, 6) is -0.512. The van der Waals surface area contributed by atoms with Gasteiger partial charge in [0.25, 0.3) is 5.91 Å². The lowest BCUT2D eigenvalue weighted by Crippen LogP contribution is -2.14. The van der Waals surface area contributed by atoms with Crippen LogP contribution in [0.4, 0.5) is 18.9 Å². The molecule has 0 bridgehead atoms. The molecular weight excluding hydrogens is 349 g/mol. The predicted octanol–water partition coefficient (Wildman–Crippen LogP) is 4.42. The summed E-state index contributed by atoms with van der Waals surface area (Å²) in [5.41, 5.74) is 0.449. The Balaban J connectivity index is 2.17. The Bertz CT molecular complexity index is 669. The Morgan fingerprint density at radius 2 is 1.95 bits per heavy atom. The number of hydrogen-bond acceptors (Lipinski definition) is 2. The van der Waals surface area contributed by atoms with Crippen LogP contribution in [-0.4, -0.2) is 10.9 Å². The summed E-state index contributed by atoms with van der Waals surface area (Å²) in [6.07, 6.45) is -3.61. The van der Waals surface area contributed by atoms with E-state index in [1.54, 1.807) is 12.1 Å². The third-order valence-electron chi connectivity index (χ3n) is 2.75. The van der Waals surface area contributed by atoms with Crippen LogP contribution in [-0.2, 0) is 6.18 Å². The summed E-state index contributed by atoms with van der Waals surface area (Å²) in [7, 11) is 0. The number of carbonyl (C=O) groups is 1. The van der Waals surface area contributed by atoms with E-state index in [0.717, 1.165) is 28.4 Å². The van der Waals surface area contributed by atoms with E-state index in [1.807, 2.05) is 13.0 Å². The molecule has 0 aliphatic carbocycles. The van der Waals surface area contributed by atoms with Crippen LogP contribution < -0.4 is 5.32 Å². The number of aromatic nitrogens is 1. The molecule has 0 atom stereocenters. The maximum Gasteiger partial charge on any atom is 0.433 e. The fourth-order valence-electron chi connectivity index (χ4n) is 1.66. The molecule has 0 fully saturated rings. The SMILES string of the molecule is Cc1cc(Br)ccc1NC(=O)c1ccc(C(F)(F)F)nc1. The van der Waals surface area contributed by atoms with E-state index >= 15 is 0 Å². The van der Waals surface area contributed by atoms with E-state index in [1.165, 1.54) is 0 Å². The molecule has 2 aromatic rings. The molecule has 0 aliphatic heterocycles. The van der Waals surface area contributed by atoms with Crippen LogP contribution in [0.3, 0.4) is 0 Å². The first-order valence-electron chi connectivity index (χ1n) is 5.88. The molecule has 0 spiro atoms. The summed E-state index contributed by atoms with van der Waals surface area (Å²) >= 11 is 3.30. The molecule has 1 heterocycles. The molecule has 0 saturated heterocycles. The number of pyridine rings is 1. The molecular formula is C14H10BrF3N2O. The number of rotatable bonds is 2. The highest BCUT2D eigenvalue weighted by molar-refractivity contribution is 9.10. The summed E-state index contributed by atoms with van der Waals surface area (Å²) in [5, 5.41) is 2.63. The molecule has 2 rings (SSSR count). The van der Waals surface area contributed by atoms with Crippen molar-refractivity contribution in [2.45, 2.75) is 13.1 Å². The molecule has 1 N–H and O–H groups in total. The highest BCUT2D eigenvalue weighted by atomic mass is 79.9. The van der Waals surface area contributed by atoms with Crippen LogP contribution in [0.1, 0.15) is 21.6 Å². The number of aryl methyl sites for hydroxylation is 1. The summed E-state index contributed by atoms with van der Waals surface area (Å²) < 4.78 is 38.0. The fourth-order valence-corrected chi connectivity index (χ4v) is 2.13. The minimum Gasteiger partial charge on any atom is -0.322 e. The monoisotopic (exact) mass is 358 g/mol. The summed E-state index contributed by atoms with van der Waals surface area (Å²) in [4.78, 5) is 15.2. The first kappa shape index (κ1) is 15.5. The van der Waals surface area contributed by atoms with Crippen molar-refractivity contribution in [1.29, 1.82) is 0 Å². The van der Waals surface area contributed by atoms with Crippen molar-refractivity contribution >= 4 is 27.5 Å². The molecule has 21 heavy (non-hydrogen) atoms. The maximum absolute atomic E-state index is 12.4. The number of nitrogens with zero attached hydrogens (tertiary/aromatic N) is 1. The average molecular weight is 359 g/mol. The van der Waals surface area contributed by atoms with Crippen molar-refractivity contribution in [3.8, 4) is 0 Å². The van der Waals surface area contributed by atoms with Crippen LogP contribution in [0.2, 0.25) is 0 Å². The van der Waals surface area contributed by atoms with Crippen molar-refractivity contribution in [2.75, 3.05) is 5.32 Å². The first-order valence-corrected chi connectivity index (χ1v) is 6.67. The average Bonchev–Trinajstić information content (AvgIpc) is 2.41. The Morgan fingerprint density at radius 3 is 2.48 bits per heavy atom. The third kappa shape index (κ3) is 3.81. The van der Waals surface area contributed by atoms with Gasteiger partial charge in [-0.25, -0.2) is 0 Å². The van der Waals surface area contributed by atoms with Crippen LogP contribution in [0, 0.1) is 6.92 Å². The fraction of sp³-hybridized carbons (Fsp3) is 0.143. The summed E-state index contributed by atoms with van der Waals surface area (Å²) in [6.45, 7) is 1.81. The molecule has 0 aliphatic rings. The number of alkyl halides is 3. The van der Waals surface area contributed by atoms with Crippen LogP contribution in [0.15, 0.2) is 41.0 Å². The van der Waals surface area contributed by atoms with Crippen molar-refractivity contribution in [3.05, 3.63) is 57.8 Å². The topological polar surface area (TPSA) is 42.0 Å². The van der Waals surface area contributed by atoms with E-state index in [-0.39, 0.29) is 5.56 Å². The zero-order chi connectivity index (χ0) is 15.6. The van der Waals surface area contributed by atoms with Crippen molar-refractivity contribution in [1.82, 2.24) is 4.98 Å². The van der Waals surface area contributed by atoms with Gasteiger partial charge in [0, 0.05) is 16.4 Å². The van der Waals surface area contributed by atoms with Gasteiger partial charge in [-0.15, -0.1) is 0 Å². The zero-order valence-electron chi connectivity index (χ0n) is 10.8. The van der Waals surface area contributed by atoms with Crippen LogP contribution in [0.25, 0.3) is 0 Å². The van der Waals surface area contributed by atoms with Crippen LogP contribution in [0.5, 0.6) is 0 Å². The minimum absolute atomic E-state index is 0.0605. The number of hydrogen-bond donors (Lipinski definition) is 1. The van der Waals surface area contributed by atoms with E-state index in [4.69, 9.17) is 0 Å². The van der Waals surface area contributed by atoms with E-state index < -0.39 is 17.8 Å². The van der Waals surface area contributed by atoms with E-state index in [9.17, 15) is 18.0 Å². The number of amides is 1. The Morgan fingerprint density at radius 1 is 1.24 bits per heavy atom. The second kappa shape index (κ2) is 5.85. The molecule has 1 amide bonds. The van der Waals surface area contributed by atoms with Crippen molar-refractivity contribution < 1.29 is 18.0 Å². The van der Waals surface area contributed by atoms with Crippen molar-refractivity contribution in [2.24, 2.45) is 0 Å². The quantitative estimate of drug-likeness (QED) is 0.862. The van der Waals surface area contributed by atoms with Gasteiger partial charge in [-0.2, -0.15) is 13.2 Å². The Kier molecular flexibility index (Phi) is 4.32. The van der Waals surface area contributed by atoms with Gasteiger partial charge in [0.15, 0.2) is 0 Å². The lowest BCUT2D eigenvalue weighted by atomic mass is 10.2. The third-order valence-corrected chi connectivity index (χ3v) is 3.25. The normalized spacial score (nSPS) is 11.3. The minimum atomic E-state index is -4.52. The second-order valence-corrected chi connectivity index (χ2v) is 5.26. The summed E-state index contributed by atoms with van der Waals surface area (Å²) in [6, 6.07) is 7.16. The number of halogens is 4. The van der Waals surface area contributed by atoms with Gasteiger partial charge in [-0.1, -0.05) is 15.9 Å². The number of benzene rings is 1. The standard InChI is InChI=1S/C14H10BrF3N2O/c1-8-6-10(15)3-4-11(8)20-13(21)9-2-5-12(19-7-9)14(16,17)18/h2-7H,1H3,(H,20,21). The Hall–Kier alpha value is -1.89. The zero-order valence-corrected chi connectivity index (χ0v) is 12.4. The molecule has 110 valence electrons. The van der Waals surface area contributed by atoms with Gasteiger partial charge < -0.3 is 5.32 Å². The number of anilines is 1. The smallest absolute Gasteiger partial charge is 0.322 e. The van der Waals surface area contributed by atoms with Crippen LogP contribution >= 0.6 is 15.9 Å². The Labute approximate surface area is 127 Å². The van der Waals surface area contributed by atoms with E-state index in [2.05, 4.69) is 26.2 Å². The van der Waals surface area contributed by atoms with Gasteiger partial charge in [-0.05, 0) is 42.8 Å². The number of nitrogens with one attached hydrogen (secondary N) is 1. The highest BCUT2D eigenvalue weighted by Crippen LogP contribution is 2.27. The molecule has 1 aromatic carbocycles. The van der Waals surface area contributed by atoms with Gasteiger partial charge in [-0.3, -0.25) is 9.78 Å². The van der Waals surface area contributed by atoms with E-state index in [0.29, 0.717) is 5.69 Å². The maximum atomic E-state index is 12.4. The molecule has 1 aromatic heterocycles. The second-order valence-electron chi connectivity index (χ2n) is 4.34. The van der Waals surface area contributed by atoms with Gasteiger partial charge >= 0.3 is 6.18 Å². The van der Waals surface area contributed by atoms with Gasteiger partial charge in [0.05, 0.1) is 5.56 Å². The first-order chi connectivity index (χ1) is 9.77. The molecule has 0 unspecified atom stereocenters. The largest absolute Gasteiger partial charge is 0.433 e. The molecule has 3 nitrogen and oxygen atoms in total. The predicted molar refractivity (Wildman–Crippen MR) is 76.1 cm³/mol. The number of carbonyl (C=O) groups excluding carboxylic acids is 1. The molecule has 0 saturated carbocycles. The van der Waals surface area contributed by atoms with Gasteiger partial charge in [0.2, 0.25) is 0 Å².